The number of hydrogen-bond acceptors (Lipinski definition) is 6. The van der Waals surface area contributed by atoms with E-state index in [1.165, 1.54) is 194 Å². The maximum atomic E-state index is 12.5. The largest absolute Gasteiger partial charge is 0.497 e. The van der Waals surface area contributed by atoms with Crippen LogP contribution in [0.1, 0.15) is 282 Å². The van der Waals surface area contributed by atoms with Crippen LogP contribution in [0.2, 0.25) is 0 Å². The average molecular weight is 1120 g/mol. The highest BCUT2D eigenvalue weighted by Crippen LogP contribution is 2.55. The Morgan fingerprint density at radius 1 is 0.646 bits per heavy atom. The van der Waals surface area contributed by atoms with Crippen molar-refractivity contribution in [3.8, 4) is 11.8 Å². The van der Waals surface area contributed by atoms with Crippen molar-refractivity contribution in [2.45, 2.75) is 283 Å². The molecule has 0 saturated heterocycles. The Labute approximate surface area is 499 Å². The van der Waals surface area contributed by atoms with E-state index in [0.717, 1.165) is 92.7 Å². The number of ether oxygens (including phenoxy) is 2. The van der Waals surface area contributed by atoms with Gasteiger partial charge in [-0.1, -0.05) is 257 Å². The number of rotatable bonds is 47. The van der Waals surface area contributed by atoms with Gasteiger partial charge in [0, 0.05) is 41.1 Å². The lowest BCUT2D eigenvalue weighted by molar-refractivity contribution is -0.440. The first-order valence-electron chi connectivity index (χ1n) is 33.6. The van der Waals surface area contributed by atoms with E-state index in [1.54, 1.807) is 7.11 Å². The second-order valence-electron chi connectivity index (χ2n) is 24.5. The smallest absolute Gasteiger partial charge is 0.305 e. The number of anilines is 1. The molecule has 0 amide bonds. The van der Waals surface area contributed by atoms with Gasteiger partial charge < -0.3 is 19.5 Å². The first-order chi connectivity index (χ1) is 40.2. The molecule has 1 N–H and O–H groups in total. The summed E-state index contributed by atoms with van der Waals surface area (Å²) in [6.07, 6.45) is 52.1. The van der Waals surface area contributed by atoms with Crippen molar-refractivity contribution >= 4 is 40.3 Å². The SMILES string of the molecule is CCCCCCCCCCC1(CCCCCCCCCC)C(=CC=C(C#N)C=CC2=[N+](CCOC=O)c3ccc4ccc(OC)cc4c3C2(CCCCCCCCCC)CCCCCCCCCC)N(CCC(=O)O)c2ccc(C)cc21. The summed E-state index contributed by atoms with van der Waals surface area (Å²) in [4.78, 5) is 26.6. The number of carbonyl (C=O) groups is 2. The molecule has 0 spiro atoms. The number of methoxy groups -OCH3 is 1. The summed E-state index contributed by atoms with van der Waals surface area (Å²) in [5.74, 6) is 0.0261. The summed E-state index contributed by atoms with van der Waals surface area (Å²) >= 11 is 0. The van der Waals surface area contributed by atoms with E-state index >= 15 is 0 Å². The summed E-state index contributed by atoms with van der Waals surface area (Å²) < 4.78 is 13.9. The summed E-state index contributed by atoms with van der Waals surface area (Å²) in [6.45, 7) is 13.0. The number of unbranched alkanes of at least 4 members (excludes halogenated alkanes) is 28. The molecule has 8 heteroatoms. The quantitative estimate of drug-likeness (QED) is 0.0198. The lowest BCUT2D eigenvalue weighted by atomic mass is 9.68. The molecule has 82 heavy (non-hydrogen) atoms. The number of allylic oxidation sites excluding steroid dienone is 6. The maximum absolute atomic E-state index is 12.5. The summed E-state index contributed by atoms with van der Waals surface area (Å²) in [7, 11) is 1.75. The molecule has 0 aliphatic carbocycles. The zero-order chi connectivity index (χ0) is 58.7. The number of aryl methyl sites for hydroxylation is 1. The van der Waals surface area contributed by atoms with Crippen LogP contribution in [0.5, 0.6) is 5.75 Å². The van der Waals surface area contributed by atoms with Gasteiger partial charge >= 0.3 is 5.97 Å². The van der Waals surface area contributed by atoms with Gasteiger partial charge in [0.1, 0.15) is 12.4 Å². The topological polar surface area (TPSA) is 103 Å². The van der Waals surface area contributed by atoms with Gasteiger partial charge in [-0.05, 0) is 91.4 Å². The summed E-state index contributed by atoms with van der Waals surface area (Å²) in [5, 5.41) is 23.9. The van der Waals surface area contributed by atoms with Gasteiger partial charge in [0.25, 0.3) is 6.47 Å². The fraction of sp³-hybridized carbons (Fsp3) is 0.649. The molecule has 0 bridgehead atoms. The van der Waals surface area contributed by atoms with E-state index in [9.17, 15) is 20.0 Å². The van der Waals surface area contributed by atoms with Crippen LogP contribution in [-0.4, -0.2) is 54.6 Å². The predicted octanol–water partition coefficient (Wildman–Crippen LogP) is 20.9. The number of nitriles is 1. The lowest BCUT2D eigenvalue weighted by Crippen LogP contribution is -2.35. The van der Waals surface area contributed by atoms with E-state index < -0.39 is 5.97 Å². The minimum Gasteiger partial charge on any atom is -0.497 e. The Bertz CT molecular complexity index is 2490. The summed E-state index contributed by atoms with van der Waals surface area (Å²) in [6, 6.07) is 20.4. The van der Waals surface area contributed by atoms with Crippen LogP contribution < -0.4 is 9.64 Å². The molecule has 3 aromatic carbocycles. The highest BCUT2D eigenvalue weighted by molar-refractivity contribution is 6.08. The van der Waals surface area contributed by atoms with Crippen molar-refractivity contribution in [1.29, 1.82) is 5.26 Å². The van der Waals surface area contributed by atoms with Gasteiger partial charge in [-0.15, -0.1) is 0 Å². The van der Waals surface area contributed by atoms with Crippen LogP contribution in [0.15, 0.2) is 84.1 Å². The standard InChI is InChI=1S/C74H111N3O5/c1-7-11-15-19-23-27-31-35-50-73(51-36-32-28-24-20-16-12-8-2)66-57-61(5)39-45-67(66)76(54-49-71(79)80)69(73)47-40-62(59-75)41-48-70-74(52-37-33-29-25-21-17-13-9-3,53-38-34-30-26-22-18-14-10-4)72-65-58-64(81-6)44-42-63(65)43-46-68(72)77(70)55-56-82-60-78/h39-48,57-58,60H,7-38,49-56H2,1-6H3/p+1. The molecular formula is C74H112N3O5+. The van der Waals surface area contributed by atoms with Crippen LogP contribution in [-0.2, 0) is 25.2 Å². The van der Waals surface area contributed by atoms with Crippen molar-refractivity contribution in [1.82, 2.24) is 0 Å². The fourth-order valence-corrected chi connectivity index (χ4v) is 13.8. The molecule has 2 heterocycles. The summed E-state index contributed by atoms with van der Waals surface area (Å²) in [5.41, 5.74) is 8.28. The Morgan fingerprint density at radius 3 is 1.61 bits per heavy atom. The zero-order valence-electron chi connectivity index (χ0n) is 52.7. The fourth-order valence-electron chi connectivity index (χ4n) is 13.8. The first-order valence-corrected chi connectivity index (χ1v) is 33.6. The highest BCUT2D eigenvalue weighted by Gasteiger charge is 2.51. The van der Waals surface area contributed by atoms with Gasteiger partial charge in [-0.3, -0.25) is 9.59 Å². The van der Waals surface area contributed by atoms with Crippen molar-refractivity contribution < 1.29 is 28.7 Å². The second-order valence-corrected chi connectivity index (χ2v) is 24.5. The third-order valence-electron chi connectivity index (χ3n) is 18.3. The van der Waals surface area contributed by atoms with Crippen LogP contribution >= 0.6 is 0 Å². The molecule has 8 nitrogen and oxygen atoms in total. The number of carboxylic acid groups (broad SMARTS) is 1. The third-order valence-corrected chi connectivity index (χ3v) is 18.3. The van der Waals surface area contributed by atoms with Gasteiger partial charge in [0.05, 0.1) is 30.6 Å². The number of hydrogen-bond donors (Lipinski definition) is 1. The molecule has 5 rings (SSSR count). The van der Waals surface area contributed by atoms with Crippen LogP contribution in [0.25, 0.3) is 10.8 Å². The van der Waals surface area contributed by atoms with Gasteiger partial charge in [-0.25, -0.2) is 0 Å². The predicted molar refractivity (Wildman–Crippen MR) is 346 cm³/mol. The molecule has 452 valence electrons. The number of benzene rings is 3. The highest BCUT2D eigenvalue weighted by atomic mass is 16.5. The molecule has 0 radical (unpaired) electrons. The van der Waals surface area contributed by atoms with Crippen molar-refractivity contribution in [3.05, 3.63) is 101 Å². The van der Waals surface area contributed by atoms with Gasteiger partial charge in [0.2, 0.25) is 5.69 Å². The number of fused-ring (bicyclic) bond motifs is 4. The Hall–Kier alpha value is -5.16. The van der Waals surface area contributed by atoms with Crippen LogP contribution in [0, 0.1) is 18.3 Å². The average Bonchev–Trinajstić information content (AvgIpc) is 2.33. The molecule has 0 fully saturated rings. The Morgan fingerprint density at radius 2 is 1.13 bits per heavy atom. The molecule has 2 aliphatic rings. The molecule has 0 atom stereocenters. The zero-order valence-corrected chi connectivity index (χ0v) is 52.7. The first kappa shape index (κ1) is 67.6. The number of carbonyl (C=O) groups excluding carboxylic acids is 1. The van der Waals surface area contributed by atoms with E-state index in [1.807, 2.05) is 6.08 Å². The molecule has 0 aromatic heterocycles. The molecule has 3 aromatic rings. The van der Waals surface area contributed by atoms with E-state index in [2.05, 4.69) is 117 Å². The molecule has 2 aliphatic heterocycles. The minimum atomic E-state index is -0.806. The minimum absolute atomic E-state index is 0.0217. The number of aliphatic carboxylic acids is 1. The number of carboxylic acids is 1. The van der Waals surface area contributed by atoms with Crippen molar-refractivity contribution in [2.24, 2.45) is 0 Å². The molecular weight excluding hydrogens is 1010 g/mol. The Balaban J connectivity index is 1.67. The van der Waals surface area contributed by atoms with Gasteiger partial charge in [-0.2, -0.15) is 9.84 Å². The van der Waals surface area contributed by atoms with Crippen LogP contribution in [0.3, 0.4) is 0 Å². The van der Waals surface area contributed by atoms with Crippen molar-refractivity contribution in [3.63, 3.8) is 0 Å². The number of nitrogens with zero attached hydrogens (tertiary/aromatic N) is 3. The Kier molecular flexibility index (Phi) is 31.9. The monoisotopic (exact) mass is 1120 g/mol. The van der Waals surface area contributed by atoms with Gasteiger partial charge in [0.15, 0.2) is 12.3 Å². The lowest BCUT2D eigenvalue weighted by Gasteiger charge is -2.34. The van der Waals surface area contributed by atoms with Crippen LogP contribution in [0.4, 0.5) is 11.4 Å². The van der Waals surface area contributed by atoms with E-state index in [0.29, 0.717) is 25.1 Å². The van der Waals surface area contributed by atoms with Crippen molar-refractivity contribution in [2.75, 3.05) is 31.7 Å². The molecule has 0 saturated carbocycles. The van der Waals surface area contributed by atoms with E-state index in [-0.39, 0.29) is 23.9 Å². The normalized spacial score (nSPS) is 15.0. The maximum Gasteiger partial charge on any atom is 0.305 e. The molecule has 0 unspecified atom stereocenters. The van der Waals surface area contributed by atoms with E-state index in [4.69, 9.17) is 9.47 Å². The third kappa shape index (κ3) is 20.3. The second kappa shape index (κ2) is 38.6.